The third kappa shape index (κ3) is 2.87. The molecule has 5 aliphatic rings. The predicted molar refractivity (Wildman–Crippen MR) is 112 cm³/mol. The molecule has 4 fully saturated rings. The van der Waals surface area contributed by atoms with Crippen molar-refractivity contribution in [3.8, 4) is 0 Å². The maximum absolute atomic E-state index is 13.3. The molecular weight excluding hydrogens is 348 g/mol. The SMILES string of the molecule is CCC1CC2(O)CC(C2)N1C(=O)CC(C)C1CN(C)c2cccc(C3CC3)c21. The van der Waals surface area contributed by atoms with Gasteiger partial charge in [-0.25, -0.2) is 0 Å². The minimum atomic E-state index is -0.486. The Morgan fingerprint density at radius 2 is 2.04 bits per heavy atom. The molecule has 3 unspecified atom stereocenters. The van der Waals surface area contributed by atoms with Gasteiger partial charge in [-0.15, -0.1) is 0 Å². The molecule has 2 saturated heterocycles. The molecule has 6 rings (SSSR count). The second kappa shape index (κ2) is 6.48. The Labute approximate surface area is 168 Å². The van der Waals surface area contributed by atoms with Gasteiger partial charge in [0, 0.05) is 43.7 Å². The van der Waals surface area contributed by atoms with Crippen LogP contribution in [0.2, 0.25) is 0 Å². The fraction of sp³-hybridized carbons (Fsp3) is 0.708. The second-order valence-electron chi connectivity index (χ2n) is 10.1. The molecule has 4 nitrogen and oxygen atoms in total. The minimum absolute atomic E-state index is 0.220. The minimum Gasteiger partial charge on any atom is -0.390 e. The molecule has 1 amide bonds. The van der Waals surface area contributed by atoms with Gasteiger partial charge in [-0.3, -0.25) is 4.79 Å². The van der Waals surface area contributed by atoms with Crippen LogP contribution in [0.25, 0.3) is 0 Å². The molecular formula is C24H34N2O2. The van der Waals surface area contributed by atoms with Crippen LogP contribution in [0.3, 0.4) is 0 Å². The number of carbonyl (C=O) groups excluding carboxylic acids is 1. The average Bonchev–Trinajstić information content (AvgIpc) is 3.43. The van der Waals surface area contributed by atoms with Crippen molar-refractivity contribution in [1.29, 1.82) is 0 Å². The van der Waals surface area contributed by atoms with Crippen LogP contribution in [0, 0.1) is 5.92 Å². The summed E-state index contributed by atoms with van der Waals surface area (Å²) in [5.74, 6) is 1.84. The molecule has 0 spiro atoms. The van der Waals surface area contributed by atoms with E-state index in [9.17, 15) is 9.90 Å². The van der Waals surface area contributed by atoms with Gasteiger partial charge < -0.3 is 14.9 Å². The standard InChI is InChI=1S/C24H34N2O2/c1-4-17-11-24(28)12-18(13-24)26(17)22(27)10-15(2)20-14-25(3)21-7-5-6-19(23(20)21)16-8-9-16/h5-7,15-18,20,28H,4,8-14H2,1-3H3. The van der Waals surface area contributed by atoms with E-state index in [0.29, 0.717) is 24.2 Å². The average molecular weight is 383 g/mol. The third-order valence-corrected chi connectivity index (χ3v) is 7.96. The first-order chi connectivity index (χ1) is 13.4. The molecule has 3 atom stereocenters. The van der Waals surface area contributed by atoms with Gasteiger partial charge in [-0.2, -0.15) is 0 Å². The van der Waals surface area contributed by atoms with Crippen LogP contribution in [0.1, 0.15) is 81.8 Å². The van der Waals surface area contributed by atoms with Crippen molar-refractivity contribution in [3.63, 3.8) is 0 Å². The summed E-state index contributed by atoms with van der Waals surface area (Å²) in [7, 11) is 2.19. The number of amides is 1. The molecule has 0 aromatic heterocycles. The zero-order chi connectivity index (χ0) is 19.6. The molecule has 4 heteroatoms. The summed E-state index contributed by atoms with van der Waals surface area (Å²) in [6.45, 7) is 5.44. The van der Waals surface area contributed by atoms with Gasteiger partial charge in [-0.1, -0.05) is 26.0 Å². The lowest BCUT2D eigenvalue weighted by atomic mass is 9.66. The number of hydrogen-bond donors (Lipinski definition) is 1. The third-order valence-electron chi connectivity index (χ3n) is 7.96. The molecule has 0 radical (unpaired) electrons. The van der Waals surface area contributed by atoms with Gasteiger partial charge in [0.15, 0.2) is 0 Å². The van der Waals surface area contributed by atoms with E-state index in [-0.39, 0.29) is 12.1 Å². The van der Waals surface area contributed by atoms with Crippen LogP contribution in [0.5, 0.6) is 0 Å². The summed E-state index contributed by atoms with van der Waals surface area (Å²) < 4.78 is 0. The second-order valence-corrected chi connectivity index (χ2v) is 10.1. The molecule has 2 bridgehead atoms. The Morgan fingerprint density at radius 1 is 1.29 bits per heavy atom. The van der Waals surface area contributed by atoms with Gasteiger partial charge in [-0.05, 0) is 67.6 Å². The molecule has 2 saturated carbocycles. The molecule has 152 valence electrons. The Morgan fingerprint density at radius 3 is 2.71 bits per heavy atom. The lowest BCUT2D eigenvalue weighted by Gasteiger charge is -2.58. The van der Waals surface area contributed by atoms with Crippen molar-refractivity contribution in [3.05, 3.63) is 29.3 Å². The fourth-order valence-electron chi connectivity index (χ4n) is 6.29. The smallest absolute Gasteiger partial charge is 0.223 e. The first kappa shape index (κ1) is 18.5. The number of hydrogen-bond acceptors (Lipinski definition) is 3. The molecule has 1 aromatic carbocycles. The van der Waals surface area contributed by atoms with Crippen LogP contribution >= 0.6 is 0 Å². The predicted octanol–water partition coefficient (Wildman–Crippen LogP) is 4.03. The van der Waals surface area contributed by atoms with Gasteiger partial charge in [0.25, 0.3) is 0 Å². The van der Waals surface area contributed by atoms with Crippen LogP contribution in [0.15, 0.2) is 18.2 Å². The number of nitrogens with zero attached hydrogens (tertiary/aromatic N) is 2. The van der Waals surface area contributed by atoms with E-state index in [1.54, 1.807) is 5.56 Å². The number of carbonyl (C=O) groups is 1. The van der Waals surface area contributed by atoms with E-state index in [2.05, 4.69) is 48.9 Å². The van der Waals surface area contributed by atoms with E-state index < -0.39 is 5.60 Å². The highest BCUT2D eigenvalue weighted by Gasteiger charge is 2.54. The Balaban J connectivity index is 1.34. The van der Waals surface area contributed by atoms with Crippen LogP contribution in [-0.4, -0.2) is 47.2 Å². The number of rotatable bonds is 5. The fourth-order valence-corrected chi connectivity index (χ4v) is 6.29. The van der Waals surface area contributed by atoms with Crippen molar-refractivity contribution in [2.24, 2.45) is 5.92 Å². The normalized spacial score (nSPS) is 34.8. The molecule has 1 aromatic rings. The van der Waals surface area contributed by atoms with Crippen LogP contribution in [0.4, 0.5) is 5.69 Å². The Bertz CT molecular complexity index is 781. The highest BCUT2D eigenvalue weighted by molar-refractivity contribution is 5.78. The zero-order valence-electron chi connectivity index (χ0n) is 17.5. The molecule has 28 heavy (non-hydrogen) atoms. The van der Waals surface area contributed by atoms with E-state index in [1.165, 1.54) is 24.1 Å². The maximum Gasteiger partial charge on any atom is 0.223 e. The van der Waals surface area contributed by atoms with Crippen molar-refractivity contribution >= 4 is 11.6 Å². The van der Waals surface area contributed by atoms with Crippen LogP contribution in [-0.2, 0) is 4.79 Å². The van der Waals surface area contributed by atoms with E-state index in [4.69, 9.17) is 0 Å². The number of fused-ring (bicyclic) bond motifs is 3. The number of likely N-dealkylation sites (N-methyl/N-ethyl adjacent to an activating group) is 1. The van der Waals surface area contributed by atoms with Crippen molar-refractivity contribution < 1.29 is 9.90 Å². The summed E-state index contributed by atoms with van der Waals surface area (Å²) in [4.78, 5) is 17.9. The highest BCUT2D eigenvalue weighted by Crippen LogP contribution is 2.51. The van der Waals surface area contributed by atoms with Crippen molar-refractivity contribution in [1.82, 2.24) is 4.90 Å². The summed E-state index contributed by atoms with van der Waals surface area (Å²) in [6, 6.07) is 7.27. The van der Waals surface area contributed by atoms with Crippen molar-refractivity contribution in [2.45, 2.75) is 88.3 Å². The molecule has 3 heterocycles. The van der Waals surface area contributed by atoms with Gasteiger partial charge >= 0.3 is 0 Å². The largest absolute Gasteiger partial charge is 0.390 e. The van der Waals surface area contributed by atoms with E-state index in [1.807, 2.05) is 0 Å². The van der Waals surface area contributed by atoms with Gasteiger partial charge in [0.05, 0.1) is 5.60 Å². The molecule has 1 N–H and O–H groups in total. The maximum atomic E-state index is 13.3. The van der Waals surface area contributed by atoms with E-state index in [0.717, 1.165) is 38.1 Å². The quantitative estimate of drug-likeness (QED) is 0.836. The lowest BCUT2D eigenvalue weighted by molar-refractivity contribution is -0.179. The Hall–Kier alpha value is -1.55. The summed E-state index contributed by atoms with van der Waals surface area (Å²) in [5, 5.41) is 10.5. The molecule has 3 aliphatic heterocycles. The van der Waals surface area contributed by atoms with Crippen molar-refractivity contribution in [2.75, 3.05) is 18.5 Å². The summed E-state index contributed by atoms with van der Waals surface area (Å²) >= 11 is 0. The topological polar surface area (TPSA) is 43.8 Å². The highest BCUT2D eigenvalue weighted by atomic mass is 16.3. The van der Waals surface area contributed by atoms with Gasteiger partial charge in [0.2, 0.25) is 5.91 Å². The zero-order valence-corrected chi connectivity index (χ0v) is 17.5. The first-order valence-electron chi connectivity index (χ1n) is 11.3. The monoisotopic (exact) mass is 382 g/mol. The molecule has 2 aliphatic carbocycles. The van der Waals surface area contributed by atoms with E-state index >= 15 is 0 Å². The van der Waals surface area contributed by atoms with Crippen LogP contribution < -0.4 is 4.90 Å². The number of aliphatic hydroxyl groups is 1. The summed E-state index contributed by atoms with van der Waals surface area (Å²) in [6.07, 6.45) is 6.53. The lowest BCUT2D eigenvalue weighted by Crippen LogP contribution is -2.67. The first-order valence-corrected chi connectivity index (χ1v) is 11.3. The number of anilines is 1. The number of piperidine rings is 2. The van der Waals surface area contributed by atoms with Gasteiger partial charge in [0.1, 0.15) is 0 Å². The number of benzene rings is 1. The summed E-state index contributed by atoms with van der Waals surface area (Å²) in [5.41, 5.74) is 3.96. The Kier molecular flexibility index (Phi) is 4.28.